The molecule has 6 nitrogen and oxygen atoms in total. The van der Waals surface area contributed by atoms with Crippen LogP contribution in [-0.4, -0.2) is 15.9 Å². The van der Waals surface area contributed by atoms with Crippen molar-refractivity contribution in [3.05, 3.63) is 27.9 Å². The molecule has 1 rings (SSSR count). The molecule has 1 heterocycles. The van der Waals surface area contributed by atoms with Gasteiger partial charge < -0.3 is 5.32 Å². The van der Waals surface area contributed by atoms with Gasteiger partial charge in [0.05, 0.1) is 4.92 Å². The van der Waals surface area contributed by atoms with Gasteiger partial charge in [-0.05, 0) is 19.4 Å². The van der Waals surface area contributed by atoms with Crippen LogP contribution >= 0.6 is 0 Å². The highest BCUT2D eigenvalue weighted by atomic mass is 16.6. The van der Waals surface area contributed by atoms with Gasteiger partial charge in [0.15, 0.2) is 0 Å². The van der Waals surface area contributed by atoms with Crippen LogP contribution in [0.15, 0.2) is 12.1 Å². The van der Waals surface area contributed by atoms with Crippen LogP contribution < -0.4 is 5.32 Å². The first-order valence-electron chi connectivity index (χ1n) is 4.90. The smallest absolute Gasteiger partial charge is 0.305 e. The van der Waals surface area contributed by atoms with Crippen molar-refractivity contribution in [2.24, 2.45) is 0 Å². The molecule has 1 unspecified atom stereocenters. The predicted octanol–water partition coefficient (Wildman–Crippen LogP) is 2.07. The van der Waals surface area contributed by atoms with Gasteiger partial charge in [-0.15, -0.1) is 0 Å². The number of hydrogen-bond donors (Lipinski definition) is 1. The van der Waals surface area contributed by atoms with Gasteiger partial charge in [-0.25, -0.2) is 4.98 Å². The molecule has 0 aliphatic rings. The number of nitrogens with zero attached hydrogens (tertiary/aromatic N) is 3. The summed E-state index contributed by atoms with van der Waals surface area (Å²) in [6.07, 6.45) is 0.903. The molecule has 0 bridgehead atoms. The molecule has 1 N–H and O–H groups in total. The third-order valence-electron chi connectivity index (χ3n) is 2.18. The lowest BCUT2D eigenvalue weighted by molar-refractivity contribution is -0.385. The molecule has 0 aromatic carbocycles. The van der Waals surface area contributed by atoms with Gasteiger partial charge in [0, 0.05) is 12.1 Å². The molecule has 1 aromatic rings. The molecule has 0 amide bonds. The van der Waals surface area contributed by atoms with Crippen LogP contribution in [0.1, 0.15) is 26.0 Å². The SMILES string of the molecule is CCC(C)Nc1ccc([N+](=O)[O-])c(C#N)n1. The topological polar surface area (TPSA) is 91.9 Å². The summed E-state index contributed by atoms with van der Waals surface area (Å²) in [5.74, 6) is 0.483. The van der Waals surface area contributed by atoms with E-state index < -0.39 is 4.92 Å². The van der Waals surface area contributed by atoms with E-state index >= 15 is 0 Å². The van der Waals surface area contributed by atoms with E-state index in [1.54, 1.807) is 6.07 Å². The largest absolute Gasteiger partial charge is 0.368 e. The summed E-state index contributed by atoms with van der Waals surface area (Å²) in [6.45, 7) is 3.98. The molecule has 0 fully saturated rings. The number of nitrogens with one attached hydrogen (secondary N) is 1. The Kier molecular flexibility index (Phi) is 3.78. The summed E-state index contributed by atoms with van der Waals surface area (Å²) in [5.41, 5.74) is -0.435. The van der Waals surface area contributed by atoms with Gasteiger partial charge >= 0.3 is 5.69 Å². The Labute approximate surface area is 93.1 Å². The fourth-order valence-corrected chi connectivity index (χ4v) is 1.12. The Morgan fingerprint density at radius 2 is 2.38 bits per heavy atom. The lowest BCUT2D eigenvalue weighted by atomic mass is 10.2. The highest BCUT2D eigenvalue weighted by molar-refractivity contribution is 5.50. The molecule has 0 saturated carbocycles. The molecule has 0 radical (unpaired) electrons. The maximum Gasteiger partial charge on any atom is 0.305 e. The number of aromatic nitrogens is 1. The van der Waals surface area contributed by atoms with Crippen LogP contribution in [0.3, 0.4) is 0 Å². The van der Waals surface area contributed by atoms with Crippen LogP contribution in [0, 0.1) is 21.4 Å². The summed E-state index contributed by atoms with van der Waals surface area (Å²) < 4.78 is 0. The molecule has 6 heteroatoms. The van der Waals surface area contributed by atoms with Crippen LogP contribution in [0.2, 0.25) is 0 Å². The second-order valence-electron chi connectivity index (χ2n) is 3.39. The van der Waals surface area contributed by atoms with Crippen molar-refractivity contribution >= 4 is 11.5 Å². The Hall–Kier alpha value is -2.16. The number of anilines is 1. The Morgan fingerprint density at radius 3 is 2.88 bits per heavy atom. The Morgan fingerprint density at radius 1 is 1.69 bits per heavy atom. The van der Waals surface area contributed by atoms with Gasteiger partial charge in [0.2, 0.25) is 5.69 Å². The molecular weight excluding hydrogens is 208 g/mol. The average molecular weight is 220 g/mol. The fraction of sp³-hybridized carbons (Fsp3) is 0.400. The van der Waals surface area contributed by atoms with Crippen molar-refractivity contribution in [1.29, 1.82) is 5.26 Å². The van der Waals surface area contributed by atoms with Crippen molar-refractivity contribution in [2.75, 3.05) is 5.32 Å². The zero-order valence-corrected chi connectivity index (χ0v) is 9.10. The molecule has 0 aliphatic carbocycles. The van der Waals surface area contributed by atoms with E-state index in [-0.39, 0.29) is 17.4 Å². The van der Waals surface area contributed by atoms with Gasteiger partial charge in [-0.1, -0.05) is 6.92 Å². The van der Waals surface area contributed by atoms with Crippen molar-refractivity contribution in [2.45, 2.75) is 26.3 Å². The molecule has 0 spiro atoms. The molecule has 1 atom stereocenters. The predicted molar refractivity (Wildman–Crippen MR) is 59.0 cm³/mol. The minimum absolute atomic E-state index is 0.168. The van der Waals surface area contributed by atoms with Crippen LogP contribution in [0.4, 0.5) is 11.5 Å². The molecular formula is C10H12N4O2. The monoisotopic (exact) mass is 220 g/mol. The minimum Gasteiger partial charge on any atom is -0.368 e. The zero-order valence-electron chi connectivity index (χ0n) is 9.10. The molecule has 84 valence electrons. The maximum absolute atomic E-state index is 10.6. The van der Waals surface area contributed by atoms with E-state index in [9.17, 15) is 10.1 Å². The summed E-state index contributed by atoms with van der Waals surface area (Å²) in [4.78, 5) is 13.8. The van der Waals surface area contributed by atoms with Crippen LogP contribution in [0.25, 0.3) is 0 Å². The first-order chi connectivity index (χ1) is 7.58. The van der Waals surface area contributed by atoms with Gasteiger partial charge in [-0.3, -0.25) is 10.1 Å². The first-order valence-corrected chi connectivity index (χ1v) is 4.90. The number of nitro groups is 1. The molecule has 1 aromatic heterocycles. The highest BCUT2D eigenvalue weighted by Gasteiger charge is 2.15. The van der Waals surface area contributed by atoms with Gasteiger partial charge in [0.1, 0.15) is 11.9 Å². The van der Waals surface area contributed by atoms with Crippen molar-refractivity contribution in [1.82, 2.24) is 4.98 Å². The van der Waals surface area contributed by atoms with E-state index in [1.165, 1.54) is 12.1 Å². The standard InChI is InChI=1S/C10H12N4O2/c1-3-7(2)12-10-5-4-9(14(15)16)8(6-11)13-10/h4-5,7H,3H2,1-2H3,(H,12,13). The van der Waals surface area contributed by atoms with Crippen molar-refractivity contribution in [3.8, 4) is 6.07 Å². The molecule has 16 heavy (non-hydrogen) atoms. The second kappa shape index (κ2) is 5.07. The van der Waals surface area contributed by atoms with E-state index in [4.69, 9.17) is 5.26 Å². The summed E-state index contributed by atoms with van der Waals surface area (Å²) in [6, 6.07) is 4.72. The van der Waals surface area contributed by atoms with E-state index in [1.807, 2.05) is 13.8 Å². The number of hydrogen-bond acceptors (Lipinski definition) is 5. The minimum atomic E-state index is -0.613. The number of nitriles is 1. The number of rotatable bonds is 4. The summed E-state index contributed by atoms with van der Waals surface area (Å²) in [5, 5.41) is 22.4. The van der Waals surface area contributed by atoms with Crippen LogP contribution in [0.5, 0.6) is 0 Å². The van der Waals surface area contributed by atoms with Crippen LogP contribution in [-0.2, 0) is 0 Å². The summed E-state index contributed by atoms with van der Waals surface area (Å²) in [7, 11) is 0. The van der Waals surface area contributed by atoms with Gasteiger partial charge in [0.25, 0.3) is 0 Å². The van der Waals surface area contributed by atoms with Crippen molar-refractivity contribution in [3.63, 3.8) is 0 Å². The lowest BCUT2D eigenvalue weighted by Gasteiger charge is -2.11. The lowest BCUT2D eigenvalue weighted by Crippen LogP contribution is -2.14. The molecule has 0 aliphatic heterocycles. The maximum atomic E-state index is 10.6. The Bertz CT molecular complexity index is 439. The van der Waals surface area contributed by atoms with E-state index in [0.717, 1.165) is 6.42 Å². The summed E-state index contributed by atoms with van der Waals surface area (Å²) >= 11 is 0. The second-order valence-corrected chi connectivity index (χ2v) is 3.39. The van der Waals surface area contributed by atoms with E-state index in [0.29, 0.717) is 5.82 Å². The Balaban J connectivity index is 3.01. The molecule has 0 saturated heterocycles. The van der Waals surface area contributed by atoms with E-state index in [2.05, 4.69) is 10.3 Å². The normalized spacial score (nSPS) is 11.6. The number of pyridine rings is 1. The fourth-order valence-electron chi connectivity index (χ4n) is 1.12. The van der Waals surface area contributed by atoms with Gasteiger partial charge in [-0.2, -0.15) is 5.26 Å². The quantitative estimate of drug-likeness (QED) is 0.619. The third-order valence-corrected chi connectivity index (χ3v) is 2.18. The highest BCUT2D eigenvalue weighted by Crippen LogP contribution is 2.18. The first kappa shape index (κ1) is 11.9. The van der Waals surface area contributed by atoms with Crippen molar-refractivity contribution < 1.29 is 4.92 Å². The third kappa shape index (κ3) is 2.67. The zero-order chi connectivity index (χ0) is 12.1. The average Bonchev–Trinajstić information content (AvgIpc) is 2.28.